The molecule has 0 spiro atoms. The van der Waals surface area contributed by atoms with Crippen molar-refractivity contribution in [3.05, 3.63) is 29.8 Å². The van der Waals surface area contributed by atoms with E-state index in [0.29, 0.717) is 24.3 Å². The number of hydrogen-bond acceptors (Lipinski definition) is 5. The largest absolute Gasteiger partial charge is 0.459 e. The lowest BCUT2D eigenvalue weighted by Crippen LogP contribution is -2.27. The van der Waals surface area contributed by atoms with Crippen LogP contribution >= 0.6 is 11.8 Å². The summed E-state index contributed by atoms with van der Waals surface area (Å²) < 4.78 is 5.10. The molecule has 7 heteroatoms. The van der Waals surface area contributed by atoms with Gasteiger partial charge in [-0.05, 0) is 38.1 Å². The van der Waals surface area contributed by atoms with Gasteiger partial charge in [-0.2, -0.15) is 0 Å². The molecule has 2 rings (SSSR count). The second-order valence-electron chi connectivity index (χ2n) is 5.43. The molecule has 0 unspecified atom stereocenters. The number of esters is 1. The minimum atomic E-state index is -0.386. The van der Waals surface area contributed by atoms with Crippen molar-refractivity contribution in [3.8, 4) is 0 Å². The van der Waals surface area contributed by atoms with Gasteiger partial charge in [0.25, 0.3) is 5.24 Å². The molecule has 1 aliphatic rings. The number of nitrogens with zero attached hydrogens (tertiary/aromatic N) is 1. The number of rotatable bonds is 6. The summed E-state index contributed by atoms with van der Waals surface area (Å²) in [6, 6.07) is 6.54. The number of carbonyl (C=O) groups excluding carboxylic acids is 3. The summed E-state index contributed by atoms with van der Waals surface area (Å²) in [5, 5.41) is 2.78. The van der Waals surface area contributed by atoms with Crippen molar-refractivity contribution < 1.29 is 19.1 Å². The van der Waals surface area contributed by atoms with Crippen molar-refractivity contribution >= 4 is 34.6 Å². The molecule has 0 bridgehead atoms. The van der Waals surface area contributed by atoms with Gasteiger partial charge in [-0.3, -0.25) is 9.59 Å². The first-order valence-corrected chi connectivity index (χ1v) is 8.47. The summed E-state index contributed by atoms with van der Waals surface area (Å²) in [4.78, 5) is 36.7. The van der Waals surface area contributed by atoms with E-state index in [1.165, 1.54) is 11.8 Å². The summed E-state index contributed by atoms with van der Waals surface area (Å²) in [6.45, 7) is 4.70. The van der Waals surface area contributed by atoms with Crippen LogP contribution < -0.4 is 5.32 Å². The predicted octanol–water partition coefficient (Wildman–Crippen LogP) is 2.75. The number of ether oxygens (including phenoxy) is 1. The van der Waals surface area contributed by atoms with Gasteiger partial charge in [0.2, 0.25) is 5.91 Å². The molecule has 0 saturated carbocycles. The quantitative estimate of drug-likeness (QED) is 0.809. The van der Waals surface area contributed by atoms with Crippen molar-refractivity contribution in [2.75, 3.05) is 24.2 Å². The Morgan fingerprint density at radius 1 is 1.30 bits per heavy atom. The minimum absolute atomic E-state index is 0.0332. The van der Waals surface area contributed by atoms with E-state index >= 15 is 0 Å². The van der Waals surface area contributed by atoms with Gasteiger partial charge in [-0.15, -0.1) is 0 Å². The van der Waals surface area contributed by atoms with Crippen LogP contribution in [0.3, 0.4) is 0 Å². The van der Waals surface area contributed by atoms with Gasteiger partial charge in [0, 0.05) is 31.0 Å². The fraction of sp³-hybridized carbons (Fsp3) is 0.438. The normalized spacial score (nSPS) is 14.2. The highest BCUT2D eigenvalue weighted by Crippen LogP contribution is 2.17. The number of nitrogens with one attached hydrogen (secondary N) is 1. The van der Waals surface area contributed by atoms with Gasteiger partial charge in [-0.25, -0.2) is 4.79 Å². The number of anilines is 1. The van der Waals surface area contributed by atoms with Gasteiger partial charge < -0.3 is 15.0 Å². The molecule has 1 saturated heterocycles. The molecule has 0 radical (unpaired) electrons. The van der Waals surface area contributed by atoms with Crippen LogP contribution in [0.1, 0.15) is 30.6 Å². The van der Waals surface area contributed by atoms with E-state index in [9.17, 15) is 14.4 Å². The van der Waals surface area contributed by atoms with Crippen LogP contribution in [0.4, 0.5) is 10.5 Å². The van der Waals surface area contributed by atoms with E-state index in [1.54, 1.807) is 43.0 Å². The maximum atomic E-state index is 11.9. The van der Waals surface area contributed by atoms with Gasteiger partial charge in [-0.1, -0.05) is 11.8 Å². The first-order chi connectivity index (χ1) is 11.0. The van der Waals surface area contributed by atoms with Crippen LogP contribution in [0.5, 0.6) is 0 Å². The molecule has 2 amide bonds. The van der Waals surface area contributed by atoms with Crippen LogP contribution in [-0.2, 0) is 9.53 Å². The number of hydrogen-bond donors (Lipinski definition) is 1. The van der Waals surface area contributed by atoms with E-state index in [1.807, 2.05) is 0 Å². The smallest absolute Gasteiger partial charge is 0.338 e. The molecule has 1 aromatic carbocycles. The minimum Gasteiger partial charge on any atom is -0.459 e. The average molecular weight is 336 g/mol. The maximum Gasteiger partial charge on any atom is 0.338 e. The van der Waals surface area contributed by atoms with Crippen LogP contribution in [-0.4, -0.2) is 47.0 Å². The van der Waals surface area contributed by atoms with Gasteiger partial charge in [0.1, 0.15) is 0 Å². The summed E-state index contributed by atoms with van der Waals surface area (Å²) in [6.07, 6.45) is 0.0806. The van der Waals surface area contributed by atoms with Gasteiger partial charge in [0.15, 0.2) is 0 Å². The van der Waals surface area contributed by atoms with E-state index in [2.05, 4.69) is 5.32 Å². The highest BCUT2D eigenvalue weighted by Gasteiger charge is 2.21. The third-order valence-corrected chi connectivity index (χ3v) is 4.09. The summed E-state index contributed by atoms with van der Waals surface area (Å²) in [5.74, 6) is 0.240. The zero-order valence-electron chi connectivity index (χ0n) is 13.2. The molecular formula is C16H20N2O4S. The van der Waals surface area contributed by atoms with Crippen molar-refractivity contribution in [2.45, 2.75) is 26.4 Å². The van der Waals surface area contributed by atoms with Crippen molar-refractivity contribution in [1.82, 2.24) is 4.90 Å². The molecule has 1 heterocycles. The van der Waals surface area contributed by atoms with E-state index in [-0.39, 0.29) is 29.6 Å². The summed E-state index contributed by atoms with van der Waals surface area (Å²) in [7, 11) is 0. The number of benzene rings is 1. The second kappa shape index (κ2) is 8.01. The molecule has 23 heavy (non-hydrogen) atoms. The first-order valence-electron chi connectivity index (χ1n) is 7.48. The van der Waals surface area contributed by atoms with E-state index < -0.39 is 0 Å². The Morgan fingerprint density at radius 2 is 2.00 bits per heavy atom. The zero-order valence-corrected chi connectivity index (χ0v) is 14.0. The van der Waals surface area contributed by atoms with Crippen LogP contribution in [0.25, 0.3) is 0 Å². The van der Waals surface area contributed by atoms with Crippen LogP contribution in [0.2, 0.25) is 0 Å². The molecule has 0 atom stereocenters. The van der Waals surface area contributed by atoms with Crippen molar-refractivity contribution in [2.24, 2.45) is 0 Å². The van der Waals surface area contributed by atoms with E-state index in [0.717, 1.165) is 5.75 Å². The third kappa shape index (κ3) is 5.28. The molecular weight excluding hydrogens is 316 g/mol. The van der Waals surface area contributed by atoms with E-state index in [4.69, 9.17) is 4.74 Å². The molecule has 0 aliphatic carbocycles. The SMILES string of the molecule is CC(C)OC(=O)c1ccc(NC(=O)CCN2CCSC2=O)cc1. The number of thioether (sulfide) groups is 1. The molecule has 0 aromatic heterocycles. The number of amides is 2. The fourth-order valence-corrected chi connectivity index (χ4v) is 2.91. The standard InChI is InChI=1S/C16H20N2O4S/c1-11(2)22-15(20)12-3-5-13(6-4-12)17-14(19)7-8-18-9-10-23-16(18)21/h3-6,11H,7-10H2,1-2H3,(H,17,19). The molecule has 124 valence electrons. The average Bonchev–Trinajstić information content (AvgIpc) is 2.90. The molecule has 1 fully saturated rings. The van der Waals surface area contributed by atoms with Crippen molar-refractivity contribution in [1.29, 1.82) is 0 Å². The zero-order chi connectivity index (χ0) is 16.8. The lowest BCUT2D eigenvalue weighted by Gasteiger charge is -2.14. The Hall–Kier alpha value is -2.02. The third-order valence-electron chi connectivity index (χ3n) is 3.20. The lowest BCUT2D eigenvalue weighted by molar-refractivity contribution is -0.116. The first kappa shape index (κ1) is 17.3. The Morgan fingerprint density at radius 3 is 2.57 bits per heavy atom. The van der Waals surface area contributed by atoms with Gasteiger partial charge >= 0.3 is 5.97 Å². The fourth-order valence-electron chi connectivity index (χ4n) is 2.06. The Kier molecular flexibility index (Phi) is 6.04. The summed E-state index contributed by atoms with van der Waals surface area (Å²) in [5.41, 5.74) is 1.05. The Bertz CT molecular complexity index is 586. The molecule has 1 N–H and O–H groups in total. The molecule has 1 aromatic rings. The lowest BCUT2D eigenvalue weighted by atomic mass is 10.2. The number of carbonyl (C=O) groups is 3. The van der Waals surface area contributed by atoms with Crippen LogP contribution in [0, 0.1) is 0 Å². The molecule has 6 nitrogen and oxygen atoms in total. The van der Waals surface area contributed by atoms with Crippen LogP contribution in [0.15, 0.2) is 24.3 Å². The maximum absolute atomic E-state index is 11.9. The Balaban J connectivity index is 1.81. The molecule has 1 aliphatic heterocycles. The Labute approximate surface area is 139 Å². The predicted molar refractivity (Wildman–Crippen MR) is 89.7 cm³/mol. The monoisotopic (exact) mass is 336 g/mol. The highest BCUT2D eigenvalue weighted by molar-refractivity contribution is 8.13. The summed E-state index contributed by atoms with van der Waals surface area (Å²) >= 11 is 1.28. The highest BCUT2D eigenvalue weighted by atomic mass is 32.2. The second-order valence-corrected chi connectivity index (χ2v) is 6.48. The van der Waals surface area contributed by atoms with Gasteiger partial charge in [0.05, 0.1) is 11.7 Å². The topological polar surface area (TPSA) is 75.7 Å². The van der Waals surface area contributed by atoms with Crippen molar-refractivity contribution in [3.63, 3.8) is 0 Å².